The van der Waals surface area contributed by atoms with Gasteiger partial charge in [0.1, 0.15) is 0 Å². The molecule has 1 aromatic rings. The zero-order chi connectivity index (χ0) is 16.4. The Balaban J connectivity index is 2.15. The van der Waals surface area contributed by atoms with E-state index in [4.69, 9.17) is 9.47 Å². The monoisotopic (exact) mass is 310 g/mol. The smallest absolute Gasteiger partial charge is 0.308 e. The number of hydrogen-bond donors (Lipinski definition) is 2. The van der Waals surface area contributed by atoms with E-state index in [0.717, 1.165) is 5.56 Å². The van der Waals surface area contributed by atoms with Gasteiger partial charge >= 0.3 is 5.97 Å². The van der Waals surface area contributed by atoms with Crippen molar-refractivity contribution < 1.29 is 24.5 Å². The van der Waals surface area contributed by atoms with E-state index < -0.39 is 18.2 Å². The minimum Gasteiger partial charge on any atom is -0.465 e. The van der Waals surface area contributed by atoms with E-state index >= 15 is 0 Å². The first-order valence-electron chi connectivity index (χ1n) is 7.60. The topological polar surface area (TPSA) is 76.0 Å². The summed E-state index contributed by atoms with van der Waals surface area (Å²) in [5.41, 5.74) is 1.02. The van der Waals surface area contributed by atoms with E-state index in [0.29, 0.717) is 13.2 Å². The third kappa shape index (κ3) is 8.77. The predicted octanol–water partition coefficient (Wildman–Crippen LogP) is 1.90. The number of rotatable bonds is 10. The van der Waals surface area contributed by atoms with Crippen molar-refractivity contribution in [2.45, 2.75) is 45.5 Å². The highest BCUT2D eigenvalue weighted by Gasteiger charge is 2.17. The van der Waals surface area contributed by atoms with Crippen LogP contribution in [0.2, 0.25) is 0 Å². The van der Waals surface area contributed by atoms with Crippen LogP contribution in [0.5, 0.6) is 0 Å². The number of carbonyl (C=O) groups is 1. The maximum atomic E-state index is 11.4. The maximum Gasteiger partial charge on any atom is 0.308 e. The quantitative estimate of drug-likeness (QED) is 0.646. The molecule has 0 aliphatic carbocycles. The average molecular weight is 310 g/mol. The number of ether oxygens (including phenoxy) is 2. The van der Waals surface area contributed by atoms with Crippen molar-refractivity contribution in [2.75, 3.05) is 13.2 Å². The third-order valence-electron chi connectivity index (χ3n) is 2.95. The highest BCUT2D eigenvalue weighted by atomic mass is 16.5. The lowest BCUT2D eigenvalue weighted by atomic mass is 10.1. The highest BCUT2D eigenvalue weighted by Crippen LogP contribution is 2.07. The number of esters is 1. The molecule has 0 unspecified atom stereocenters. The van der Waals surface area contributed by atoms with Crippen LogP contribution in [-0.2, 0) is 20.9 Å². The molecule has 5 nitrogen and oxygen atoms in total. The summed E-state index contributed by atoms with van der Waals surface area (Å²) < 4.78 is 10.4. The molecular formula is C17H26O5. The minimum atomic E-state index is -0.921. The summed E-state index contributed by atoms with van der Waals surface area (Å²) in [6.45, 7) is 4.75. The predicted molar refractivity (Wildman–Crippen MR) is 83.1 cm³/mol. The van der Waals surface area contributed by atoms with Crippen LogP contribution < -0.4 is 0 Å². The first-order valence-corrected chi connectivity index (χ1v) is 7.60. The second kappa shape index (κ2) is 10.3. The summed E-state index contributed by atoms with van der Waals surface area (Å²) in [6, 6.07) is 9.63. The lowest BCUT2D eigenvalue weighted by molar-refractivity contribution is -0.147. The molecule has 0 radical (unpaired) electrons. The first-order chi connectivity index (χ1) is 10.5. The second-order valence-electron chi connectivity index (χ2n) is 5.83. The van der Waals surface area contributed by atoms with Crippen LogP contribution in [-0.4, -0.2) is 41.6 Å². The maximum absolute atomic E-state index is 11.4. The Labute approximate surface area is 131 Å². The Morgan fingerprint density at radius 1 is 1.09 bits per heavy atom. The lowest BCUT2D eigenvalue weighted by Crippen LogP contribution is -2.25. The van der Waals surface area contributed by atoms with E-state index in [-0.39, 0.29) is 25.4 Å². The molecule has 0 saturated carbocycles. The Kier molecular flexibility index (Phi) is 8.74. The van der Waals surface area contributed by atoms with Crippen LogP contribution in [0, 0.1) is 5.92 Å². The summed E-state index contributed by atoms with van der Waals surface area (Å²) in [5.74, 6) is -0.184. The zero-order valence-corrected chi connectivity index (χ0v) is 13.3. The number of carbonyl (C=O) groups excluding carboxylic acids is 1. The Bertz CT molecular complexity index is 418. The van der Waals surface area contributed by atoms with Crippen LogP contribution in [0.15, 0.2) is 30.3 Å². The van der Waals surface area contributed by atoms with Gasteiger partial charge in [0.15, 0.2) is 0 Å². The third-order valence-corrected chi connectivity index (χ3v) is 2.95. The molecule has 0 saturated heterocycles. The second-order valence-corrected chi connectivity index (χ2v) is 5.83. The number of aliphatic hydroxyl groups excluding tert-OH is 2. The molecule has 22 heavy (non-hydrogen) atoms. The summed E-state index contributed by atoms with van der Waals surface area (Å²) in [7, 11) is 0. The van der Waals surface area contributed by atoms with Crippen LogP contribution in [0.1, 0.15) is 32.3 Å². The van der Waals surface area contributed by atoms with Gasteiger partial charge < -0.3 is 19.7 Å². The van der Waals surface area contributed by atoms with Gasteiger partial charge in [-0.1, -0.05) is 44.2 Å². The fraction of sp³-hybridized carbons (Fsp3) is 0.588. The van der Waals surface area contributed by atoms with Gasteiger partial charge in [0.05, 0.1) is 38.4 Å². The fourth-order valence-electron chi connectivity index (χ4n) is 1.86. The number of hydrogen-bond acceptors (Lipinski definition) is 5. The van der Waals surface area contributed by atoms with Gasteiger partial charge in [-0.3, -0.25) is 4.79 Å². The van der Waals surface area contributed by atoms with E-state index in [1.807, 2.05) is 44.2 Å². The Morgan fingerprint density at radius 3 is 2.41 bits per heavy atom. The molecule has 0 amide bonds. The van der Waals surface area contributed by atoms with Crippen LogP contribution in [0.25, 0.3) is 0 Å². The molecular weight excluding hydrogens is 284 g/mol. The molecule has 0 aliphatic heterocycles. The normalized spacial score (nSPS) is 13.9. The van der Waals surface area contributed by atoms with E-state index in [1.54, 1.807) is 0 Å². The summed E-state index contributed by atoms with van der Waals surface area (Å²) in [6.07, 6.45) is -1.75. The Hall–Kier alpha value is -1.43. The SMILES string of the molecule is CC(C)COC(=O)C[C@H](O)C[C@@H](O)COCc1ccccc1. The van der Waals surface area contributed by atoms with Crippen LogP contribution >= 0.6 is 0 Å². The van der Waals surface area contributed by atoms with Gasteiger partial charge in [-0.05, 0) is 11.5 Å². The molecule has 1 rings (SSSR count). The van der Waals surface area contributed by atoms with E-state index in [9.17, 15) is 15.0 Å². The van der Waals surface area contributed by atoms with Crippen molar-refractivity contribution in [1.82, 2.24) is 0 Å². The molecule has 0 aliphatic rings. The number of benzene rings is 1. The summed E-state index contributed by atoms with van der Waals surface area (Å²) in [5, 5.41) is 19.5. The van der Waals surface area contributed by atoms with Crippen LogP contribution in [0.3, 0.4) is 0 Å². The highest BCUT2D eigenvalue weighted by molar-refractivity contribution is 5.69. The minimum absolute atomic E-state index is 0.0889. The number of aliphatic hydroxyl groups is 2. The van der Waals surface area contributed by atoms with Crippen molar-refractivity contribution in [3.63, 3.8) is 0 Å². The molecule has 0 spiro atoms. The molecule has 1 aromatic carbocycles. The summed E-state index contributed by atoms with van der Waals surface area (Å²) in [4.78, 5) is 11.4. The Morgan fingerprint density at radius 2 is 1.77 bits per heavy atom. The fourth-order valence-corrected chi connectivity index (χ4v) is 1.86. The van der Waals surface area contributed by atoms with Crippen molar-refractivity contribution >= 4 is 5.97 Å². The molecule has 124 valence electrons. The van der Waals surface area contributed by atoms with E-state index in [1.165, 1.54) is 0 Å². The van der Waals surface area contributed by atoms with Gasteiger partial charge in [-0.2, -0.15) is 0 Å². The molecule has 2 N–H and O–H groups in total. The first kappa shape index (κ1) is 18.6. The van der Waals surface area contributed by atoms with Gasteiger partial charge in [-0.15, -0.1) is 0 Å². The van der Waals surface area contributed by atoms with Crippen LogP contribution in [0.4, 0.5) is 0 Å². The molecule has 5 heteroatoms. The summed E-state index contributed by atoms with van der Waals surface area (Å²) >= 11 is 0. The van der Waals surface area contributed by atoms with Crippen molar-refractivity contribution in [3.8, 4) is 0 Å². The molecule has 0 fully saturated rings. The molecule has 0 bridgehead atoms. The molecule has 0 heterocycles. The van der Waals surface area contributed by atoms with Crippen molar-refractivity contribution in [2.24, 2.45) is 5.92 Å². The molecule has 0 aromatic heterocycles. The van der Waals surface area contributed by atoms with Gasteiger partial charge in [0.25, 0.3) is 0 Å². The van der Waals surface area contributed by atoms with E-state index in [2.05, 4.69) is 0 Å². The largest absolute Gasteiger partial charge is 0.465 e. The average Bonchev–Trinajstić information content (AvgIpc) is 2.46. The van der Waals surface area contributed by atoms with Crippen molar-refractivity contribution in [1.29, 1.82) is 0 Å². The van der Waals surface area contributed by atoms with Gasteiger partial charge in [0.2, 0.25) is 0 Å². The van der Waals surface area contributed by atoms with Gasteiger partial charge in [-0.25, -0.2) is 0 Å². The van der Waals surface area contributed by atoms with Gasteiger partial charge in [0, 0.05) is 6.42 Å². The zero-order valence-electron chi connectivity index (χ0n) is 13.3. The standard InChI is InChI=1S/C17H26O5/c1-13(2)10-22-17(20)9-15(18)8-16(19)12-21-11-14-6-4-3-5-7-14/h3-7,13,15-16,18-19H,8-12H2,1-2H3/t15-,16-/m1/s1. The van der Waals surface area contributed by atoms with Crippen molar-refractivity contribution in [3.05, 3.63) is 35.9 Å². The molecule has 2 atom stereocenters. The lowest BCUT2D eigenvalue weighted by Gasteiger charge is -2.16.